The molecule has 2 fully saturated rings. The largest absolute Gasteiger partial charge is 0.335 e. The van der Waals surface area contributed by atoms with Crippen molar-refractivity contribution in [1.82, 2.24) is 25.4 Å². The van der Waals surface area contributed by atoms with Gasteiger partial charge in [-0.1, -0.05) is 31.0 Å². The summed E-state index contributed by atoms with van der Waals surface area (Å²) in [7, 11) is 0. The molecule has 0 aliphatic heterocycles. The van der Waals surface area contributed by atoms with Crippen LogP contribution in [0.4, 0.5) is 4.79 Å². The van der Waals surface area contributed by atoms with Crippen molar-refractivity contribution in [3.8, 4) is 0 Å². The summed E-state index contributed by atoms with van der Waals surface area (Å²) in [6, 6.07) is -0.200. The van der Waals surface area contributed by atoms with Crippen LogP contribution in [0.15, 0.2) is 5.16 Å². The second-order valence-corrected chi connectivity index (χ2v) is 8.22. The average molecular weight is 366 g/mol. The molecule has 1 unspecified atom stereocenters. The molecule has 3 amide bonds. The highest BCUT2D eigenvalue weighted by Crippen LogP contribution is 2.40. The summed E-state index contributed by atoms with van der Waals surface area (Å²) in [6.45, 7) is 4.64. The standard InChI is InChI=1S/C17H27N5O2S/c1-3-22-14(12-9-10-12)20-21-17(22)25-11(2)15(23)19-16(24)18-13-7-5-4-6-8-13/h11-13H,3-10H2,1-2H3,(H2,18,19,23,24). The van der Waals surface area contributed by atoms with E-state index in [1.165, 1.54) is 31.0 Å². The van der Waals surface area contributed by atoms with Gasteiger partial charge in [-0.15, -0.1) is 10.2 Å². The Bertz CT molecular complexity index is 623. The number of nitrogens with zero attached hydrogens (tertiary/aromatic N) is 3. The fourth-order valence-electron chi connectivity index (χ4n) is 3.22. The molecule has 0 saturated heterocycles. The molecule has 0 radical (unpaired) electrons. The quantitative estimate of drug-likeness (QED) is 0.757. The van der Waals surface area contributed by atoms with Gasteiger partial charge in [0.15, 0.2) is 5.16 Å². The van der Waals surface area contributed by atoms with Crippen LogP contribution in [0.3, 0.4) is 0 Å². The highest BCUT2D eigenvalue weighted by Gasteiger charge is 2.31. The summed E-state index contributed by atoms with van der Waals surface area (Å²) >= 11 is 1.35. The van der Waals surface area contributed by atoms with E-state index in [9.17, 15) is 9.59 Å². The topological polar surface area (TPSA) is 88.9 Å². The maximum absolute atomic E-state index is 12.3. The third kappa shape index (κ3) is 4.74. The van der Waals surface area contributed by atoms with E-state index in [4.69, 9.17) is 0 Å². The van der Waals surface area contributed by atoms with Gasteiger partial charge in [0, 0.05) is 18.5 Å². The molecule has 25 heavy (non-hydrogen) atoms. The lowest BCUT2D eigenvalue weighted by atomic mass is 9.96. The van der Waals surface area contributed by atoms with Gasteiger partial charge in [-0.25, -0.2) is 4.79 Å². The Balaban J connectivity index is 1.51. The Morgan fingerprint density at radius 2 is 1.92 bits per heavy atom. The third-order valence-electron chi connectivity index (χ3n) is 4.83. The highest BCUT2D eigenvalue weighted by molar-refractivity contribution is 8.00. The van der Waals surface area contributed by atoms with E-state index >= 15 is 0 Å². The monoisotopic (exact) mass is 365 g/mol. The molecular weight excluding hydrogens is 338 g/mol. The van der Waals surface area contributed by atoms with Crippen molar-refractivity contribution in [3.63, 3.8) is 0 Å². The summed E-state index contributed by atoms with van der Waals surface area (Å²) in [5.41, 5.74) is 0. The first kappa shape index (κ1) is 18.2. The summed E-state index contributed by atoms with van der Waals surface area (Å²) in [5, 5.41) is 14.2. The van der Waals surface area contributed by atoms with E-state index in [1.807, 2.05) is 0 Å². The summed E-state index contributed by atoms with van der Waals surface area (Å²) < 4.78 is 2.08. The summed E-state index contributed by atoms with van der Waals surface area (Å²) in [5.74, 6) is 1.25. The smallest absolute Gasteiger partial charge is 0.321 e. The first-order valence-electron chi connectivity index (χ1n) is 9.29. The number of amides is 3. The molecule has 0 spiro atoms. The molecule has 0 bridgehead atoms. The molecule has 8 heteroatoms. The van der Waals surface area contributed by atoms with E-state index in [1.54, 1.807) is 6.92 Å². The lowest BCUT2D eigenvalue weighted by Gasteiger charge is -2.23. The number of rotatable bonds is 6. The van der Waals surface area contributed by atoms with Gasteiger partial charge in [-0.05, 0) is 39.5 Å². The van der Waals surface area contributed by atoms with E-state index in [-0.39, 0.29) is 18.0 Å². The number of imide groups is 1. The van der Waals surface area contributed by atoms with Crippen LogP contribution in [0.1, 0.15) is 70.5 Å². The molecule has 138 valence electrons. The van der Waals surface area contributed by atoms with Crippen molar-refractivity contribution in [2.45, 2.75) is 87.7 Å². The number of urea groups is 1. The van der Waals surface area contributed by atoms with E-state index in [2.05, 4.69) is 32.3 Å². The number of thioether (sulfide) groups is 1. The van der Waals surface area contributed by atoms with Crippen LogP contribution in [0.5, 0.6) is 0 Å². The Morgan fingerprint density at radius 3 is 2.56 bits per heavy atom. The third-order valence-corrected chi connectivity index (χ3v) is 5.91. The van der Waals surface area contributed by atoms with Crippen LogP contribution in [0.2, 0.25) is 0 Å². The molecular formula is C17H27N5O2S. The minimum absolute atomic E-state index is 0.189. The fourth-order valence-corrected chi connectivity index (χ4v) is 4.14. The summed E-state index contributed by atoms with van der Waals surface area (Å²) in [4.78, 5) is 24.3. The second-order valence-electron chi connectivity index (χ2n) is 6.92. The van der Waals surface area contributed by atoms with Gasteiger partial charge in [0.1, 0.15) is 5.82 Å². The van der Waals surface area contributed by atoms with E-state index in [0.717, 1.165) is 43.2 Å². The average Bonchev–Trinajstić information content (AvgIpc) is 3.36. The second kappa shape index (κ2) is 8.21. The lowest BCUT2D eigenvalue weighted by Crippen LogP contribution is -2.47. The Kier molecular flexibility index (Phi) is 5.98. The summed E-state index contributed by atoms with van der Waals surface area (Å²) in [6.07, 6.45) is 7.83. The molecule has 1 aromatic rings. The Hall–Kier alpha value is -1.57. The van der Waals surface area contributed by atoms with Gasteiger partial charge in [0.05, 0.1) is 5.25 Å². The van der Waals surface area contributed by atoms with Crippen molar-refractivity contribution in [3.05, 3.63) is 5.82 Å². The molecule has 0 aromatic carbocycles. The molecule has 7 nitrogen and oxygen atoms in total. The van der Waals surface area contributed by atoms with Gasteiger partial charge in [0.2, 0.25) is 5.91 Å². The van der Waals surface area contributed by atoms with Gasteiger partial charge in [-0.3, -0.25) is 10.1 Å². The number of aromatic nitrogens is 3. The fraction of sp³-hybridized carbons (Fsp3) is 0.765. The zero-order chi connectivity index (χ0) is 17.8. The van der Waals surface area contributed by atoms with Gasteiger partial charge < -0.3 is 9.88 Å². The highest BCUT2D eigenvalue weighted by atomic mass is 32.2. The van der Waals surface area contributed by atoms with E-state index < -0.39 is 5.25 Å². The van der Waals surface area contributed by atoms with Gasteiger partial charge >= 0.3 is 6.03 Å². The normalized spacial score (nSPS) is 19.4. The van der Waals surface area contributed by atoms with Crippen LogP contribution >= 0.6 is 11.8 Å². The van der Waals surface area contributed by atoms with Gasteiger partial charge in [0.25, 0.3) is 0 Å². The number of nitrogens with one attached hydrogen (secondary N) is 2. The number of carbonyl (C=O) groups excluding carboxylic acids is 2. The molecule has 2 saturated carbocycles. The zero-order valence-electron chi connectivity index (χ0n) is 15.0. The lowest BCUT2D eigenvalue weighted by molar-refractivity contribution is -0.119. The predicted molar refractivity (Wildman–Crippen MR) is 96.5 cm³/mol. The molecule has 1 aromatic heterocycles. The maximum atomic E-state index is 12.3. The van der Waals surface area contributed by atoms with Gasteiger partial charge in [-0.2, -0.15) is 0 Å². The van der Waals surface area contributed by atoms with Crippen LogP contribution in [-0.4, -0.2) is 38.0 Å². The van der Waals surface area contributed by atoms with Crippen LogP contribution in [-0.2, 0) is 11.3 Å². The predicted octanol–water partition coefficient (Wildman–Crippen LogP) is 2.81. The maximum Gasteiger partial charge on any atom is 0.321 e. The van der Waals surface area contributed by atoms with Crippen molar-refractivity contribution >= 4 is 23.7 Å². The zero-order valence-corrected chi connectivity index (χ0v) is 15.8. The Labute approximate surface area is 152 Å². The van der Waals surface area contributed by atoms with Crippen molar-refractivity contribution < 1.29 is 9.59 Å². The molecule has 1 heterocycles. The Morgan fingerprint density at radius 1 is 1.20 bits per heavy atom. The number of carbonyl (C=O) groups is 2. The number of hydrogen-bond acceptors (Lipinski definition) is 5. The van der Waals surface area contributed by atoms with Crippen LogP contribution in [0.25, 0.3) is 0 Å². The SMILES string of the molecule is CCn1c(SC(C)C(=O)NC(=O)NC2CCCCC2)nnc1C1CC1. The molecule has 2 aliphatic carbocycles. The minimum atomic E-state index is -0.404. The van der Waals surface area contributed by atoms with Crippen molar-refractivity contribution in [2.24, 2.45) is 0 Å². The van der Waals surface area contributed by atoms with Crippen molar-refractivity contribution in [1.29, 1.82) is 0 Å². The molecule has 2 N–H and O–H groups in total. The first-order valence-corrected chi connectivity index (χ1v) is 10.2. The van der Waals surface area contributed by atoms with E-state index in [0.29, 0.717) is 5.92 Å². The molecule has 2 aliphatic rings. The number of hydrogen-bond donors (Lipinski definition) is 2. The minimum Gasteiger partial charge on any atom is -0.335 e. The molecule has 1 atom stereocenters. The first-order chi connectivity index (χ1) is 12.1. The van der Waals surface area contributed by atoms with Crippen LogP contribution < -0.4 is 10.6 Å². The van der Waals surface area contributed by atoms with Crippen LogP contribution in [0, 0.1) is 0 Å². The van der Waals surface area contributed by atoms with Crippen molar-refractivity contribution in [2.75, 3.05) is 0 Å². The molecule has 3 rings (SSSR count).